The van der Waals surface area contributed by atoms with Crippen LogP contribution in [0.3, 0.4) is 0 Å². The van der Waals surface area contributed by atoms with Crippen LogP contribution in [-0.2, 0) is 0 Å². The van der Waals surface area contributed by atoms with Gasteiger partial charge in [-0.05, 0) is 39.7 Å². The largest absolute Gasteiger partial charge is 0.507 e. The molecule has 2 nitrogen and oxygen atoms in total. The van der Waals surface area contributed by atoms with E-state index in [9.17, 15) is 5.11 Å². The van der Waals surface area contributed by atoms with Gasteiger partial charge in [-0.1, -0.05) is 84.9 Å². The van der Waals surface area contributed by atoms with Crippen LogP contribution in [0.15, 0.2) is 108 Å². The van der Waals surface area contributed by atoms with E-state index in [1.807, 2.05) is 60.7 Å². The van der Waals surface area contributed by atoms with Gasteiger partial charge in [0, 0.05) is 22.1 Å². The molecule has 0 bridgehead atoms. The number of furan rings is 1. The Balaban J connectivity index is 1.79. The van der Waals surface area contributed by atoms with E-state index in [-0.39, 0.29) is 5.75 Å². The average Bonchev–Trinajstić information content (AvgIpc) is 3.22. The Morgan fingerprint density at radius 2 is 1.20 bits per heavy atom. The maximum absolute atomic E-state index is 11.0. The average molecular weight is 386 g/mol. The fourth-order valence-corrected chi connectivity index (χ4v) is 4.36. The van der Waals surface area contributed by atoms with Gasteiger partial charge in [0.15, 0.2) is 0 Å². The molecule has 0 unspecified atom stereocenters. The first-order valence-corrected chi connectivity index (χ1v) is 10.0. The van der Waals surface area contributed by atoms with Crippen molar-refractivity contribution in [1.29, 1.82) is 0 Å². The topological polar surface area (TPSA) is 33.4 Å². The lowest BCUT2D eigenvalue weighted by atomic mass is 9.91. The number of fused-ring (bicyclic) bond motifs is 3. The van der Waals surface area contributed by atoms with Crippen LogP contribution in [0, 0.1) is 0 Å². The summed E-state index contributed by atoms with van der Waals surface area (Å²) in [7, 11) is 0. The Labute approximate surface area is 173 Å². The van der Waals surface area contributed by atoms with Gasteiger partial charge in [-0.3, -0.25) is 0 Å². The summed E-state index contributed by atoms with van der Waals surface area (Å²) in [4.78, 5) is 0. The second-order valence-corrected chi connectivity index (χ2v) is 7.55. The van der Waals surface area contributed by atoms with E-state index in [0.717, 1.165) is 55.0 Å². The summed E-state index contributed by atoms with van der Waals surface area (Å²) in [5.74, 6) is 1.07. The van der Waals surface area contributed by atoms with Gasteiger partial charge in [0.25, 0.3) is 0 Å². The third-order valence-corrected chi connectivity index (χ3v) is 5.74. The minimum Gasteiger partial charge on any atom is -0.507 e. The van der Waals surface area contributed by atoms with Crippen LogP contribution in [0.2, 0.25) is 0 Å². The molecule has 0 saturated carbocycles. The normalized spacial score (nSPS) is 11.5. The molecule has 1 N–H and O–H groups in total. The summed E-state index contributed by atoms with van der Waals surface area (Å²) in [6, 6.07) is 34.5. The lowest BCUT2D eigenvalue weighted by Gasteiger charge is -2.13. The first-order chi connectivity index (χ1) is 14.8. The Morgan fingerprint density at radius 3 is 2.00 bits per heavy atom. The quantitative estimate of drug-likeness (QED) is 0.330. The van der Waals surface area contributed by atoms with Crippen molar-refractivity contribution in [3.8, 4) is 28.2 Å². The molecule has 6 aromatic rings. The maximum Gasteiger partial charge on any atom is 0.143 e. The fraction of sp³-hybridized carbons (Fsp3) is 0. The highest BCUT2D eigenvalue weighted by Crippen LogP contribution is 2.45. The monoisotopic (exact) mass is 386 g/mol. The minimum absolute atomic E-state index is 0.254. The van der Waals surface area contributed by atoms with Crippen LogP contribution >= 0.6 is 0 Å². The predicted molar refractivity (Wildman–Crippen MR) is 124 cm³/mol. The number of hydrogen-bond donors (Lipinski definition) is 1. The number of rotatable bonds is 2. The smallest absolute Gasteiger partial charge is 0.143 e. The molecule has 0 aliphatic carbocycles. The first-order valence-electron chi connectivity index (χ1n) is 10.0. The molecule has 0 amide bonds. The summed E-state index contributed by atoms with van der Waals surface area (Å²) in [5, 5.41) is 16.3. The van der Waals surface area contributed by atoms with Gasteiger partial charge in [-0.15, -0.1) is 0 Å². The minimum atomic E-state index is 0.254. The van der Waals surface area contributed by atoms with Crippen molar-refractivity contribution in [3.63, 3.8) is 0 Å². The van der Waals surface area contributed by atoms with Crippen LogP contribution < -0.4 is 0 Å². The standard InChI is InChI=1S/C28H18O2/c29-24-15-14-18-8-4-6-12-22(18)26(24)27-23-13-7-5-11-20(23)16-21-17-25(30-28(21)27)19-9-2-1-3-10-19/h1-17,29H. The highest BCUT2D eigenvalue weighted by molar-refractivity contribution is 6.16. The second-order valence-electron chi connectivity index (χ2n) is 7.55. The predicted octanol–water partition coefficient (Wildman–Crippen LogP) is 7.78. The number of hydrogen-bond acceptors (Lipinski definition) is 2. The van der Waals surface area contributed by atoms with E-state index < -0.39 is 0 Å². The number of aromatic hydroxyl groups is 1. The van der Waals surface area contributed by atoms with Crippen LogP contribution in [0.25, 0.3) is 55.0 Å². The molecule has 5 aromatic carbocycles. The highest BCUT2D eigenvalue weighted by Gasteiger charge is 2.19. The van der Waals surface area contributed by atoms with Gasteiger partial charge in [0.1, 0.15) is 17.1 Å². The third kappa shape index (κ3) is 2.51. The van der Waals surface area contributed by atoms with E-state index in [4.69, 9.17) is 4.42 Å². The van der Waals surface area contributed by atoms with Gasteiger partial charge in [0.05, 0.1) is 0 Å². The molecule has 6 rings (SSSR count). The second kappa shape index (κ2) is 6.50. The molecule has 0 atom stereocenters. The van der Waals surface area contributed by atoms with Gasteiger partial charge in [-0.2, -0.15) is 0 Å². The van der Waals surface area contributed by atoms with E-state index in [1.165, 1.54) is 0 Å². The Kier molecular flexibility index (Phi) is 3.65. The molecular formula is C28H18O2. The molecule has 0 spiro atoms. The summed E-state index contributed by atoms with van der Waals surface area (Å²) in [6.07, 6.45) is 0. The van der Waals surface area contributed by atoms with Crippen molar-refractivity contribution in [2.45, 2.75) is 0 Å². The van der Waals surface area contributed by atoms with Crippen molar-refractivity contribution in [1.82, 2.24) is 0 Å². The molecule has 0 aliphatic rings. The molecule has 0 fully saturated rings. The molecule has 0 radical (unpaired) electrons. The van der Waals surface area contributed by atoms with Crippen LogP contribution in [0.4, 0.5) is 0 Å². The lowest BCUT2D eigenvalue weighted by Crippen LogP contribution is -1.87. The molecule has 1 aromatic heterocycles. The van der Waals surface area contributed by atoms with Gasteiger partial charge >= 0.3 is 0 Å². The fourth-order valence-electron chi connectivity index (χ4n) is 4.36. The molecule has 1 heterocycles. The summed E-state index contributed by atoms with van der Waals surface area (Å²) in [5.41, 5.74) is 3.56. The van der Waals surface area contributed by atoms with Crippen molar-refractivity contribution >= 4 is 32.5 Å². The SMILES string of the molecule is Oc1ccc2ccccc2c1-c1c2ccccc2cc2cc(-c3ccccc3)oc12. The summed E-state index contributed by atoms with van der Waals surface area (Å²) >= 11 is 0. The first kappa shape index (κ1) is 16.9. The molecule has 142 valence electrons. The zero-order valence-electron chi connectivity index (χ0n) is 16.2. The van der Waals surface area contributed by atoms with Crippen LogP contribution in [0.1, 0.15) is 0 Å². The van der Waals surface area contributed by atoms with E-state index in [1.54, 1.807) is 6.07 Å². The Hall–Kier alpha value is -4.04. The van der Waals surface area contributed by atoms with Crippen molar-refractivity contribution in [2.75, 3.05) is 0 Å². The lowest BCUT2D eigenvalue weighted by molar-refractivity contribution is 0.478. The molecular weight excluding hydrogens is 368 g/mol. The number of benzene rings is 5. The highest BCUT2D eigenvalue weighted by atomic mass is 16.3. The number of phenols is 1. The van der Waals surface area contributed by atoms with Crippen molar-refractivity contribution in [2.24, 2.45) is 0 Å². The summed E-state index contributed by atoms with van der Waals surface area (Å²) in [6.45, 7) is 0. The van der Waals surface area contributed by atoms with Crippen LogP contribution in [0.5, 0.6) is 5.75 Å². The van der Waals surface area contributed by atoms with Gasteiger partial charge in [0.2, 0.25) is 0 Å². The number of phenolic OH excluding ortho intramolecular Hbond substituents is 1. The molecule has 0 saturated heterocycles. The molecule has 0 aliphatic heterocycles. The van der Waals surface area contributed by atoms with E-state index in [0.29, 0.717) is 0 Å². The maximum atomic E-state index is 11.0. The zero-order chi connectivity index (χ0) is 20.1. The van der Waals surface area contributed by atoms with Crippen molar-refractivity contribution in [3.05, 3.63) is 103 Å². The zero-order valence-corrected chi connectivity index (χ0v) is 16.2. The third-order valence-electron chi connectivity index (χ3n) is 5.74. The van der Waals surface area contributed by atoms with E-state index in [2.05, 4.69) is 36.4 Å². The van der Waals surface area contributed by atoms with Gasteiger partial charge in [-0.25, -0.2) is 0 Å². The summed E-state index contributed by atoms with van der Waals surface area (Å²) < 4.78 is 6.44. The van der Waals surface area contributed by atoms with Gasteiger partial charge < -0.3 is 9.52 Å². The Morgan fingerprint density at radius 1 is 0.533 bits per heavy atom. The molecule has 2 heteroatoms. The van der Waals surface area contributed by atoms with Crippen molar-refractivity contribution < 1.29 is 9.52 Å². The Bertz CT molecular complexity index is 1540. The molecule has 30 heavy (non-hydrogen) atoms. The van der Waals surface area contributed by atoms with Crippen LogP contribution in [-0.4, -0.2) is 5.11 Å². The van der Waals surface area contributed by atoms with E-state index >= 15 is 0 Å².